The summed E-state index contributed by atoms with van der Waals surface area (Å²) in [6.45, 7) is 7.87. The van der Waals surface area contributed by atoms with E-state index < -0.39 is 6.10 Å². The number of benzene rings is 2. The monoisotopic (exact) mass is 472 g/mol. The molecule has 8 heteroatoms. The first kappa shape index (κ1) is 27.0. The van der Waals surface area contributed by atoms with Crippen molar-refractivity contribution in [2.24, 2.45) is 0 Å². The second-order valence-electron chi connectivity index (χ2n) is 7.21. The molecule has 1 unspecified atom stereocenters. The fraction of sp³-hybridized carbons (Fsp3) is 0.391. The number of halogens is 3. The van der Waals surface area contributed by atoms with Crippen LogP contribution in [0.1, 0.15) is 5.56 Å². The van der Waals surface area contributed by atoms with E-state index in [0.717, 1.165) is 43.9 Å². The highest BCUT2D eigenvalue weighted by Crippen LogP contribution is 2.28. The first-order valence-corrected chi connectivity index (χ1v) is 9.90. The van der Waals surface area contributed by atoms with Gasteiger partial charge < -0.3 is 19.5 Å². The van der Waals surface area contributed by atoms with Crippen LogP contribution in [0.3, 0.4) is 0 Å². The summed E-state index contributed by atoms with van der Waals surface area (Å²) in [5.41, 5.74) is 2.13. The number of hydrogen-bond acceptors (Lipinski definition) is 5. The largest absolute Gasteiger partial charge is 0.493 e. The van der Waals surface area contributed by atoms with Crippen LogP contribution in [0.5, 0.6) is 11.5 Å². The number of β-amino-alcohol motifs (C(OH)–C–C–N with tert-alkyl or cyclic N) is 1. The Morgan fingerprint density at radius 3 is 2.35 bits per heavy atom. The molecule has 3 rings (SSSR count). The van der Waals surface area contributed by atoms with Crippen molar-refractivity contribution in [3.8, 4) is 11.5 Å². The number of aliphatic hydroxyl groups excluding tert-OH is 1. The van der Waals surface area contributed by atoms with Crippen molar-refractivity contribution in [2.75, 3.05) is 51.3 Å². The number of rotatable bonds is 9. The Balaban J connectivity index is 0.00000240. The molecule has 5 nitrogen and oxygen atoms in total. The van der Waals surface area contributed by atoms with Crippen LogP contribution in [0.15, 0.2) is 55.1 Å². The zero-order chi connectivity index (χ0) is 20.6. The third-order valence-corrected chi connectivity index (χ3v) is 5.07. The second kappa shape index (κ2) is 13.4. The summed E-state index contributed by atoms with van der Waals surface area (Å²) in [5.74, 6) is 1.06. The van der Waals surface area contributed by atoms with Crippen LogP contribution in [-0.2, 0) is 6.42 Å². The topological polar surface area (TPSA) is 45.2 Å². The fourth-order valence-corrected chi connectivity index (χ4v) is 3.50. The van der Waals surface area contributed by atoms with E-state index in [0.29, 0.717) is 18.0 Å². The third kappa shape index (κ3) is 7.89. The van der Waals surface area contributed by atoms with Crippen molar-refractivity contribution >= 4 is 30.5 Å². The van der Waals surface area contributed by atoms with Gasteiger partial charge in [0.1, 0.15) is 18.5 Å². The van der Waals surface area contributed by atoms with Crippen molar-refractivity contribution in [1.29, 1.82) is 0 Å². The SMILES string of the molecule is C=CCc1ccc(OCC(O)CN2CCN(c3ccc(F)cc3)CC2)c(OC)c1.Cl.Cl. The number of piperazine rings is 1. The van der Waals surface area contributed by atoms with Crippen molar-refractivity contribution in [1.82, 2.24) is 4.90 Å². The standard InChI is InChI=1S/C23H29FN2O3.2ClH/c1-3-4-18-5-10-22(23(15-18)28-2)29-17-21(27)16-25-11-13-26(14-12-25)20-8-6-19(24)7-9-20;;/h3,5-10,15,21,27H,1,4,11-14,16-17H2,2H3;2*1H. The molecule has 1 aliphatic heterocycles. The molecule has 2 aromatic carbocycles. The Morgan fingerprint density at radius 1 is 1.06 bits per heavy atom. The van der Waals surface area contributed by atoms with E-state index in [2.05, 4.69) is 16.4 Å². The molecular weight excluding hydrogens is 442 g/mol. The Labute approximate surface area is 196 Å². The normalized spacial score (nSPS) is 14.7. The summed E-state index contributed by atoms with van der Waals surface area (Å²) in [6, 6.07) is 12.4. The number of allylic oxidation sites excluding steroid dienone is 1. The third-order valence-electron chi connectivity index (χ3n) is 5.07. The molecule has 1 aliphatic rings. The molecule has 0 aromatic heterocycles. The van der Waals surface area contributed by atoms with E-state index in [9.17, 15) is 9.50 Å². The minimum Gasteiger partial charge on any atom is -0.493 e. The van der Waals surface area contributed by atoms with Gasteiger partial charge >= 0.3 is 0 Å². The van der Waals surface area contributed by atoms with Gasteiger partial charge in [-0.05, 0) is 48.4 Å². The molecule has 0 saturated carbocycles. The van der Waals surface area contributed by atoms with Gasteiger partial charge in [0, 0.05) is 38.4 Å². The molecule has 0 radical (unpaired) electrons. The van der Waals surface area contributed by atoms with E-state index in [-0.39, 0.29) is 37.2 Å². The van der Waals surface area contributed by atoms with E-state index in [4.69, 9.17) is 9.47 Å². The lowest BCUT2D eigenvalue weighted by Crippen LogP contribution is -2.49. The van der Waals surface area contributed by atoms with Crippen molar-refractivity contribution in [2.45, 2.75) is 12.5 Å². The molecule has 1 atom stereocenters. The average Bonchev–Trinajstić information content (AvgIpc) is 2.74. The maximum absolute atomic E-state index is 13.1. The lowest BCUT2D eigenvalue weighted by atomic mass is 10.1. The zero-order valence-corrected chi connectivity index (χ0v) is 19.3. The number of ether oxygens (including phenoxy) is 2. The number of anilines is 1. The van der Waals surface area contributed by atoms with Gasteiger partial charge in [0.15, 0.2) is 11.5 Å². The van der Waals surface area contributed by atoms with Crippen molar-refractivity contribution in [3.63, 3.8) is 0 Å². The molecule has 172 valence electrons. The predicted octanol–water partition coefficient (Wildman–Crippen LogP) is 3.97. The molecule has 1 saturated heterocycles. The highest BCUT2D eigenvalue weighted by molar-refractivity contribution is 5.85. The molecule has 1 heterocycles. The van der Waals surface area contributed by atoms with Crippen molar-refractivity contribution < 1.29 is 19.0 Å². The van der Waals surface area contributed by atoms with Crippen LogP contribution in [0.4, 0.5) is 10.1 Å². The Morgan fingerprint density at radius 2 is 1.74 bits per heavy atom. The predicted molar refractivity (Wildman–Crippen MR) is 128 cm³/mol. The Hall–Kier alpha value is -1.99. The fourth-order valence-electron chi connectivity index (χ4n) is 3.50. The summed E-state index contributed by atoms with van der Waals surface area (Å²) in [7, 11) is 1.61. The molecule has 0 amide bonds. The summed E-state index contributed by atoms with van der Waals surface area (Å²) >= 11 is 0. The van der Waals surface area contributed by atoms with Crippen LogP contribution < -0.4 is 14.4 Å². The van der Waals surface area contributed by atoms with Crippen LogP contribution >= 0.6 is 24.8 Å². The van der Waals surface area contributed by atoms with E-state index in [1.54, 1.807) is 19.2 Å². The number of aliphatic hydroxyl groups is 1. The zero-order valence-electron chi connectivity index (χ0n) is 17.7. The minimum absolute atomic E-state index is 0. The van der Waals surface area contributed by atoms with Gasteiger partial charge in [-0.3, -0.25) is 4.90 Å². The van der Waals surface area contributed by atoms with E-state index in [1.807, 2.05) is 24.3 Å². The summed E-state index contributed by atoms with van der Waals surface area (Å²) in [4.78, 5) is 4.45. The summed E-state index contributed by atoms with van der Waals surface area (Å²) in [6.07, 6.45) is 2.02. The second-order valence-corrected chi connectivity index (χ2v) is 7.21. The quantitative estimate of drug-likeness (QED) is 0.559. The minimum atomic E-state index is -0.593. The summed E-state index contributed by atoms with van der Waals surface area (Å²) < 4.78 is 24.3. The van der Waals surface area contributed by atoms with E-state index >= 15 is 0 Å². The van der Waals surface area contributed by atoms with Crippen LogP contribution in [-0.4, -0.2) is 62.6 Å². The van der Waals surface area contributed by atoms with E-state index in [1.165, 1.54) is 12.1 Å². The molecular formula is C23H31Cl2FN2O3. The van der Waals surface area contributed by atoms with Gasteiger partial charge in [-0.1, -0.05) is 12.1 Å². The smallest absolute Gasteiger partial charge is 0.161 e. The lowest BCUT2D eigenvalue weighted by Gasteiger charge is -2.36. The number of hydrogen-bond donors (Lipinski definition) is 1. The van der Waals surface area contributed by atoms with Crippen molar-refractivity contribution in [3.05, 3.63) is 66.5 Å². The van der Waals surface area contributed by atoms with Crippen LogP contribution in [0, 0.1) is 5.82 Å². The molecule has 0 spiro atoms. The Kier molecular flexibility index (Phi) is 11.7. The highest BCUT2D eigenvalue weighted by atomic mass is 35.5. The number of methoxy groups -OCH3 is 1. The summed E-state index contributed by atoms with van der Waals surface area (Å²) in [5, 5.41) is 10.4. The molecule has 2 aromatic rings. The van der Waals surface area contributed by atoms with Gasteiger partial charge in [0.25, 0.3) is 0 Å². The molecule has 31 heavy (non-hydrogen) atoms. The lowest BCUT2D eigenvalue weighted by molar-refractivity contribution is 0.0653. The number of nitrogens with zero attached hydrogens (tertiary/aromatic N) is 2. The van der Waals surface area contributed by atoms with Gasteiger partial charge in [0.05, 0.1) is 7.11 Å². The average molecular weight is 473 g/mol. The maximum atomic E-state index is 13.1. The molecule has 0 aliphatic carbocycles. The van der Waals surface area contributed by atoms with Crippen LogP contribution in [0.2, 0.25) is 0 Å². The van der Waals surface area contributed by atoms with Gasteiger partial charge in [-0.25, -0.2) is 4.39 Å². The van der Waals surface area contributed by atoms with Gasteiger partial charge in [-0.15, -0.1) is 31.4 Å². The maximum Gasteiger partial charge on any atom is 0.161 e. The molecule has 0 bridgehead atoms. The Bertz CT molecular complexity index is 800. The van der Waals surface area contributed by atoms with Gasteiger partial charge in [-0.2, -0.15) is 0 Å². The highest BCUT2D eigenvalue weighted by Gasteiger charge is 2.20. The first-order chi connectivity index (χ1) is 14.1. The van der Waals surface area contributed by atoms with Gasteiger partial charge in [0.2, 0.25) is 0 Å². The first-order valence-electron chi connectivity index (χ1n) is 9.90. The molecule has 1 fully saturated rings. The molecule has 1 N–H and O–H groups in total. The van der Waals surface area contributed by atoms with Crippen LogP contribution in [0.25, 0.3) is 0 Å².